The summed E-state index contributed by atoms with van der Waals surface area (Å²) in [5, 5.41) is 0. The smallest absolute Gasteiger partial charge is 0.308 e. The van der Waals surface area contributed by atoms with Gasteiger partial charge in [0.05, 0.1) is 10.6 Å². The van der Waals surface area contributed by atoms with Gasteiger partial charge in [0, 0.05) is 24.4 Å². The van der Waals surface area contributed by atoms with Gasteiger partial charge in [-0.15, -0.1) is 0 Å². The molecule has 0 radical (unpaired) electrons. The summed E-state index contributed by atoms with van der Waals surface area (Å²) in [6.07, 6.45) is 7.38. The number of anilines is 1. The summed E-state index contributed by atoms with van der Waals surface area (Å²) >= 11 is 0. The molecule has 1 aliphatic carbocycles. The number of halogens is 3. The number of benzene rings is 1. The van der Waals surface area contributed by atoms with Crippen molar-refractivity contribution in [3.63, 3.8) is 0 Å². The Labute approximate surface area is 195 Å². The van der Waals surface area contributed by atoms with Gasteiger partial charge in [0.2, 0.25) is 0 Å². The number of urea groups is 1. The minimum atomic E-state index is -5.52. The van der Waals surface area contributed by atoms with E-state index >= 15 is 0 Å². The van der Waals surface area contributed by atoms with Crippen molar-refractivity contribution in [2.24, 2.45) is 0 Å². The van der Waals surface area contributed by atoms with Gasteiger partial charge in [0.25, 0.3) is 15.7 Å². The summed E-state index contributed by atoms with van der Waals surface area (Å²) in [5.74, 6) is -0.164. The molecule has 1 unspecified atom stereocenters. The van der Waals surface area contributed by atoms with Crippen LogP contribution < -0.4 is 4.90 Å². The normalized spacial score (nSPS) is 20.3. The van der Waals surface area contributed by atoms with Gasteiger partial charge >= 0.3 is 11.5 Å². The molecule has 2 aliphatic rings. The number of carbonyl (C=O) groups excluding carboxylic acids is 2. The molecule has 2 aromatic rings. The van der Waals surface area contributed by atoms with Crippen LogP contribution in [0.15, 0.2) is 47.5 Å². The highest BCUT2D eigenvalue weighted by molar-refractivity contribution is 7.92. The van der Waals surface area contributed by atoms with Crippen molar-refractivity contribution in [2.45, 2.75) is 67.9 Å². The molecule has 1 aromatic heterocycles. The maximum Gasteiger partial charge on any atom is 0.501 e. The van der Waals surface area contributed by atoms with E-state index in [1.54, 1.807) is 19.2 Å². The first-order valence-corrected chi connectivity index (χ1v) is 12.5. The number of pyridine rings is 1. The number of hydrogen-bond donors (Lipinski definition) is 0. The Morgan fingerprint density at radius 2 is 1.68 bits per heavy atom. The predicted molar refractivity (Wildman–Crippen MR) is 118 cm³/mol. The van der Waals surface area contributed by atoms with Crippen LogP contribution in [0, 0.1) is 0 Å². The number of amides is 3. The van der Waals surface area contributed by atoms with Crippen LogP contribution in [0.25, 0.3) is 0 Å². The van der Waals surface area contributed by atoms with Crippen LogP contribution >= 0.6 is 0 Å². The van der Waals surface area contributed by atoms with Gasteiger partial charge < -0.3 is 4.90 Å². The molecule has 2 fully saturated rings. The molecule has 3 amide bonds. The Kier molecular flexibility index (Phi) is 6.41. The molecule has 182 valence electrons. The van der Waals surface area contributed by atoms with Gasteiger partial charge in [-0.3, -0.25) is 9.78 Å². The second kappa shape index (κ2) is 9.01. The lowest BCUT2D eigenvalue weighted by Gasteiger charge is -2.23. The van der Waals surface area contributed by atoms with Crippen LogP contribution in [0.3, 0.4) is 0 Å². The van der Waals surface area contributed by atoms with Crippen molar-refractivity contribution in [1.82, 2.24) is 9.88 Å². The molecule has 7 nitrogen and oxygen atoms in total. The number of imide groups is 1. The minimum Gasteiger partial charge on any atom is -0.308 e. The van der Waals surface area contributed by atoms with Gasteiger partial charge in [0.1, 0.15) is 6.04 Å². The van der Waals surface area contributed by atoms with E-state index in [4.69, 9.17) is 0 Å². The Bertz CT molecular complexity index is 1190. The molecule has 2 heterocycles. The molecule has 1 atom stereocenters. The van der Waals surface area contributed by atoms with Crippen molar-refractivity contribution >= 4 is 27.5 Å². The Hall–Kier alpha value is -2.95. The lowest BCUT2D eigenvalue weighted by Crippen LogP contribution is -2.33. The maximum absolute atomic E-state index is 13.1. The van der Waals surface area contributed by atoms with E-state index in [0.717, 1.165) is 66.1 Å². The predicted octanol–water partition coefficient (Wildman–Crippen LogP) is 4.78. The Balaban J connectivity index is 1.54. The number of rotatable bonds is 5. The first kappa shape index (κ1) is 24.2. The van der Waals surface area contributed by atoms with E-state index in [1.165, 1.54) is 11.3 Å². The number of nitrogens with zero attached hydrogens (tertiary/aromatic N) is 3. The summed E-state index contributed by atoms with van der Waals surface area (Å²) in [7, 11) is -5.52. The van der Waals surface area contributed by atoms with Gasteiger partial charge in [-0.25, -0.2) is 18.1 Å². The SMILES string of the molecule is CC1C(=O)N(c2ccc(S(=O)(=O)C(F)(F)F)cc2)C(=O)N1Cc1ccnc(C2CCCCC2)c1. The van der Waals surface area contributed by atoms with E-state index in [1.807, 2.05) is 6.07 Å². The Morgan fingerprint density at radius 3 is 2.29 bits per heavy atom. The van der Waals surface area contributed by atoms with E-state index in [0.29, 0.717) is 5.92 Å². The molecule has 1 aliphatic heterocycles. The standard InChI is InChI=1S/C23H24F3N3O4S/c1-15-21(30)29(18-7-9-19(10-8-18)34(32,33)23(24,25)26)22(31)28(15)14-16-11-12-27-20(13-16)17-5-3-2-4-6-17/h7-13,15,17H,2-6,14H2,1H3. The van der Waals surface area contributed by atoms with Gasteiger partial charge in [-0.2, -0.15) is 13.2 Å². The van der Waals surface area contributed by atoms with Crippen molar-refractivity contribution in [1.29, 1.82) is 0 Å². The largest absolute Gasteiger partial charge is 0.501 e. The minimum absolute atomic E-state index is 0.00287. The van der Waals surface area contributed by atoms with E-state index in [2.05, 4.69) is 4.98 Å². The second-order valence-corrected chi connectivity index (χ2v) is 10.6. The maximum atomic E-state index is 13.1. The molecule has 1 aromatic carbocycles. The first-order valence-electron chi connectivity index (χ1n) is 11.0. The van der Waals surface area contributed by atoms with Gasteiger partial charge in [-0.1, -0.05) is 19.3 Å². The van der Waals surface area contributed by atoms with Crippen LogP contribution in [0.4, 0.5) is 23.7 Å². The molecule has 0 bridgehead atoms. The Morgan fingerprint density at radius 1 is 1.03 bits per heavy atom. The number of alkyl halides is 3. The van der Waals surface area contributed by atoms with Crippen LogP contribution in [0.2, 0.25) is 0 Å². The summed E-state index contributed by atoms with van der Waals surface area (Å²) in [4.78, 5) is 31.7. The number of sulfone groups is 1. The zero-order valence-electron chi connectivity index (χ0n) is 18.5. The quantitative estimate of drug-likeness (QED) is 0.557. The molecule has 0 N–H and O–H groups in total. The summed E-state index contributed by atoms with van der Waals surface area (Å²) in [5.41, 5.74) is -3.64. The van der Waals surface area contributed by atoms with Crippen molar-refractivity contribution < 1.29 is 31.2 Å². The highest BCUT2D eigenvalue weighted by atomic mass is 32.2. The van der Waals surface area contributed by atoms with E-state index in [-0.39, 0.29) is 12.2 Å². The molecular weight excluding hydrogens is 471 g/mol. The average Bonchev–Trinajstić information content (AvgIpc) is 3.02. The lowest BCUT2D eigenvalue weighted by molar-refractivity contribution is -0.119. The van der Waals surface area contributed by atoms with Crippen LogP contribution in [0.5, 0.6) is 0 Å². The zero-order chi connectivity index (χ0) is 24.7. The fourth-order valence-electron chi connectivity index (χ4n) is 4.47. The number of carbonyl (C=O) groups is 2. The number of hydrogen-bond acceptors (Lipinski definition) is 5. The second-order valence-electron chi connectivity index (χ2n) is 8.63. The van der Waals surface area contributed by atoms with Crippen LogP contribution in [-0.2, 0) is 21.2 Å². The lowest BCUT2D eigenvalue weighted by atomic mass is 9.86. The third-order valence-electron chi connectivity index (χ3n) is 6.41. The summed E-state index contributed by atoms with van der Waals surface area (Å²) in [6, 6.07) is 5.86. The van der Waals surface area contributed by atoms with Crippen LogP contribution in [0.1, 0.15) is 56.2 Å². The monoisotopic (exact) mass is 495 g/mol. The third-order valence-corrected chi connectivity index (χ3v) is 7.92. The molecular formula is C23H24F3N3O4S. The summed E-state index contributed by atoms with van der Waals surface area (Å²) in [6.45, 7) is 1.75. The highest BCUT2D eigenvalue weighted by Crippen LogP contribution is 2.34. The molecule has 0 spiro atoms. The molecule has 4 rings (SSSR count). The topological polar surface area (TPSA) is 87.7 Å². The van der Waals surface area contributed by atoms with Crippen LogP contribution in [-0.4, -0.2) is 41.8 Å². The molecule has 1 saturated carbocycles. The highest BCUT2D eigenvalue weighted by Gasteiger charge is 2.47. The average molecular weight is 496 g/mol. The molecule has 34 heavy (non-hydrogen) atoms. The molecule has 11 heteroatoms. The van der Waals surface area contributed by atoms with Gasteiger partial charge in [-0.05, 0) is 61.7 Å². The van der Waals surface area contributed by atoms with Crippen molar-refractivity contribution in [2.75, 3.05) is 4.90 Å². The van der Waals surface area contributed by atoms with E-state index in [9.17, 15) is 31.2 Å². The van der Waals surface area contributed by atoms with E-state index < -0.39 is 38.2 Å². The van der Waals surface area contributed by atoms with Crippen molar-refractivity contribution in [3.05, 3.63) is 53.9 Å². The summed E-state index contributed by atoms with van der Waals surface area (Å²) < 4.78 is 61.5. The first-order chi connectivity index (χ1) is 16.0. The van der Waals surface area contributed by atoms with Crippen molar-refractivity contribution in [3.8, 4) is 0 Å². The van der Waals surface area contributed by atoms with Gasteiger partial charge in [0.15, 0.2) is 0 Å². The fourth-order valence-corrected chi connectivity index (χ4v) is 5.23. The third kappa shape index (κ3) is 4.40. The fraction of sp³-hybridized carbons (Fsp3) is 0.435. The zero-order valence-corrected chi connectivity index (χ0v) is 19.3. The number of aromatic nitrogens is 1. The molecule has 1 saturated heterocycles.